The molecule has 0 radical (unpaired) electrons. The summed E-state index contributed by atoms with van der Waals surface area (Å²) in [6, 6.07) is 18.5. The Balaban J connectivity index is 1.19. The molecular weight excluding hydrogens is 567 g/mol. The van der Waals surface area contributed by atoms with Gasteiger partial charge in [-0.2, -0.15) is 18.2 Å². The van der Waals surface area contributed by atoms with E-state index >= 15 is 0 Å². The number of nitrogens with one attached hydrogen (secondary N) is 3. The number of hydrogen-bond acceptors (Lipinski definition) is 6. The van der Waals surface area contributed by atoms with Crippen LogP contribution in [0.4, 0.5) is 52.5 Å². The number of urea groups is 1. The lowest BCUT2D eigenvalue weighted by Crippen LogP contribution is -2.50. The maximum absolute atomic E-state index is 13.1. The average Bonchev–Trinajstić information content (AvgIpc) is 2.98. The quantitative estimate of drug-likeness (QED) is 0.230. The second-order valence-electron chi connectivity index (χ2n) is 10.2. The fraction of sp³-hybridized carbons (Fsp3) is 0.233. The van der Waals surface area contributed by atoms with Crippen molar-refractivity contribution in [2.75, 3.05) is 47.0 Å². The van der Waals surface area contributed by atoms with Crippen LogP contribution in [0.15, 0.2) is 72.9 Å². The van der Waals surface area contributed by atoms with Crippen LogP contribution in [0.1, 0.15) is 16.7 Å². The smallest absolute Gasteiger partial charge is 0.368 e. The summed E-state index contributed by atoms with van der Waals surface area (Å²) in [5, 5.41) is 9.56. The molecule has 42 heavy (non-hydrogen) atoms. The van der Waals surface area contributed by atoms with Gasteiger partial charge in [0.2, 0.25) is 5.95 Å². The van der Waals surface area contributed by atoms with E-state index < -0.39 is 17.8 Å². The number of carbonyl (C=O) groups excluding carboxylic acids is 1. The van der Waals surface area contributed by atoms with E-state index in [9.17, 15) is 18.0 Å². The van der Waals surface area contributed by atoms with Crippen LogP contribution in [0.3, 0.4) is 0 Å². The van der Waals surface area contributed by atoms with E-state index in [4.69, 9.17) is 11.6 Å². The summed E-state index contributed by atoms with van der Waals surface area (Å²) in [7, 11) is 0. The number of hydrogen-bond donors (Lipinski definition) is 3. The van der Waals surface area contributed by atoms with Gasteiger partial charge < -0.3 is 25.8 Å². The van der Waals surface area contributed by atoms with E-state index in [1.807, 2.05) is 18.2 Å². The molecule has 0 saturated carbocycles. The van der Waals surface area contributed by atoms with E-state index in [0.717, 1.165) is 53.2 Å². The Morgan fingerprint density at radius 1 is 0.905 bits per heavy atom. The van der Waals surface area contributed by atoms with Crippen molar-refractivity contribution >= 4 is 52.1 Å². The van der Waals surface area contributed by atoms with E-state index in [2.05, 4.69) is 55.1 Å². The molecule has 6 rings (SSSR count). The van der Waals surface area contributed by atoms with Gasteiger partial charge in [-0.15, -0.1) is 0 Å². The first kappa shape index (κ1) is 27.6. The molecule has 3 N–H and O–H groups in total. The second kappa shape index (κ2) is 11.4. The monoisotopic (exact) mass is 593 g/mol. The molecule has 2 amide bonds. The summed E-state index contributed by atoms with van der Waals surface area (Å²) in [5.41, 5.74) is 4.39. The lowest BCUT2D eigenvalue weighted by molar-refractivity contribution is -0.137. The van der Waals surface area contributed by atoms with Gasteiger partial charge in [0.05, 0.1) is 11.8 Å². The van der Waals surface area contributed by atoms with Gasteiger partial charge in [0, 0.05) is 48.9 Å². The van der Waals surface area contributed by atoms with E-state index in [1.54, 1.807) is 11.1 Å². The van der Waals surface area contributed by atoms with Crippen LogP contribution in [0.5, 0.6) is 0 Å². The SMILES string of the molecule is O=C(Nc1cccc(C(F)(F)F)c1)N1CCN(c2ccc3cc2CCc2cccc(c2)Nc2ncc(Cl)c(n2)N3)CC1. The summed E-state index contributed by atoms with van der Waals surface area (Å²) >= 11 is 6.39. The number of alkyl halides is 3. The molecule has 6 bridgehead atoms. The Labute approximate surface area is 245 Å². The maximum Gasteiger partial charge on any atom is 0.416 e. The molecule has 3 aromatic carbocycles. The largest absolute Gasteiger partial charge is 0.416 e. The first-order chi connectivity index (χ1) is 20.2. The molecule has 2 aliphatic heterocycles. The predicted molar refractivity (Wildman–Crippen MR) is 158 cm³/mol. The first-order valence-corrected chi connectivity index (χ1v) is 13.9. The van der Waals surface area contributed by atoms with Crippen LogP contribution >= 0.6 is 11.6 Å². The zero-order chi connectivity index (χ0) is 29.3. The number of aryl methyl sites for hydroxylation is 2. The number of aromatic nitrogens is 2. The van der Waals surface area contributed by atoms with Crippen molar-refractivity contribution in [2.24, 2.45) is 0 Å². The van der Waals surface area contributed by atoms with Crippen molar-refractivity contribution < 1.29 is 18.0 Å². The van der Waals surface area contributed by atoms with E-state index in [-0.39, 0.29) is 5.69 Å². The van der Waals surface area contributed by atoms with Crippen molar-refractivity contribution in [3.8, 4) is 0 Å². The third kappa shape index (κ3) is 6.20. The molecule has 0 atom stereocenters. The molecule has 0 spiro atoms. The molecule has 3 heterocycles. The van der Waals surface area contributed by atoms with Crippen molar-refractivity contribution in [3.05, 3.63) is 94.6 Å². The number of amides is 2. The average molecular weight is 594 g/mol. The lowest BCUT2D eigenvalue weighted by Gasteiger charge is -2.37. The minimum absolute atomic E-state index is 0.113. The standard InChI is InChI=1S/C30H27ClF3N7O/c31-25-18-35-28-37-22-5-1-3-19(15-22)7-8-20-16-24(36-27(25)39-28)9-10-26(20)40-11-13-41(14-12-40)29(42)38-23-6-2-4-21(17-23)30(32,33)34/h1-6,9-10,15-18H,7-8,11-14H2,(H,38,42)(H2,35,36,37,39). The normalized spacial score (nSPS) is 15.0. The number of anilines is 6. The molecule has 2 aliphatic rings. The summed E-state index contributed by atoms with van der Waals surface area (Å²) in [5.74, 6) is 0.925. The van der Waals surface area contributed by atoms with Gasteiger partial charge >= 0.3 is 12.2 Å². The molecule has 4 aromatic rings. The molecule has 1 aromatic heterocycles. The summed E-state index contributed by atoms with van der Waals surface area (Å²) in [6.07, 6.45) is -1.33. The van der Waals surface area contributed by atoms with Crippen molar-refractivity contribution in [1.82, 2.24) is 14.9 Å². The molecule has 12 heteroatoms. The van der Waals surface area contributed by atoms with E-state index in [1.165, 1.54) is 12.1 Å². The van der Waals surface area contributed by atoms with Gasteiger partial charge in [0.1, 0.15) is 5.02 Å². The van der Waals surface area contributed by atoms with Crippen LogP contribution in [0.25, 0.3) is 0 Å². The van der Waals surface area contributed by atoms with Gasteiger partial charge in [-0.25, -0.2) is 9.78 Å². The highest BCUT2D eigenvalue weighted by Gasteiger charge is 2.31. The maximum atomic E-state index is 13.1. The molecule has 8 nitrogen and oxygen atoms in total. The predicted octanol–water partition coefficient (Wildman–Crippen LogP) is 7.09. The third-order valence-corrected chi connectivity index (χ3v) is 7.58. The Morgan fingerprint density at radius 2 is 1.69 bits per heavy atom. The molecule has 1 saturated heterocycles. The summed E-state index contributed by atoms with van der Waals surface area (Å²) in [4.78, 5) is 25.6. The fourth-order valence-corrected chi connectivity index (χ4v) is 5.30. The molecule has 216 valence electrons. The molecular formula is C30H27ClF3N7O. The van der Waals surface area contributed by atoms with E-state index in [0.29, 0.717) is 43.0 Å². The number of rotatable bonds is 2. The highest BCUT2D eigenvalue weighted by molar-refractivity contribution is 6.32. The number of fused-ring (bicyclic) bond motifs is 6. The van der Waals surface area contributed by atoms with Gasteiger partial charge in [-0.05, 0) is 72.5 Å². The zero-order valence-corrected chi connectivity index (χ0v) is 23.1. The number of piperazine rings is 1. The number of benzene rings is 3. The summed E-state index contributed by atoms with van der Waals surface area (Å²) < 4.78 is 39.2. The summed E-state index contributed by atoms with van der Waals surface area (Å²) in [6.45, 7) is 2.02. The van der Waals surface area contributed by atoms with Crippen LogP contribution in [-0.4, -0.2) is 47.1 Å². The Kier molecular flexibility index (Phi) is 7.51. The third-order valence-electron chi connectivity index (χ3n) is 7.30. The molecule has 1 fully saturated rings. The Hall–Kier alpha value is -4.51. The number of nitrogens with zero attached hydrogens (tertiary/aromatic N) is 4. The van der Waals surface area contributed by atoms with Gasteiger partial charge in [-0.3, -0.25) is 0 Å². The number of halogens is 4. The minimum Gasteiger partial charge on any atom is -0.368 e. The minimum atomic E-state index is -4.48. The molecule has 0 unspecified atom stereocenters. The second-order valence-corrected chi connectivity index (χ2v) is 10.6. The Morgan fingerprint density at radius 3 is 2.50 bits per heavy atom. The topological polar surface area (TPSA) is 85.4 Å². The highest BCUT2D eigenvalue weighted by atomic mass is 35.5. The van der Waals surface area contributed by atoms with Crippen molar-refractivity contribution in [3.63, 3.8) is 0 Å². The van der Waals surface area contributed by atoms with Crippen LogP contribution in [0.2, 0.25) is 5.02 Å². The van der Waals surface area contributed by atoms with Crippen molar-refractivity contribution in [2.45, 2.75) is 19.0 Å². The van der Waals surface area contributed by atoms with Crippen LogP contribution in [-0.2, 0) is 19.0 Å². The van der Waals surface area contributed by atoms with Crippen LogP contribution < -0.4 is 20.9 Å². The zero-order valence-electron chi connectivity index (χ0n) is 22.4. The van der Waals surface area contributed by atoms with Gasteiger partial charge in [0.15, 0.2) is 5.82 Å². The lowest BCUT2D eigenvalue weighted by atomic mass is 10.0. The Bertz CT molecular complexity index is 1620. The number of carbonyl (C=O) groups is 1. The van der Waals surface area contributed by atoms with Gasteiger partial charge in [-0.1, -0.05) is 29.8 Å². The molecule has 0 aliphatic carbocycles. The van der Waals surface area contributed by atoms with Crippen molar-refractivity contribution in [1.29, 1.82) is 0 Å². The van der Waals surface area contributed by atoms with Crippen LogP contribution in [0, 0.1) is 0 Å². The van der Waals surface area contributed by atoms with Gasteiger partial charge in [0.25, 0.3) is 0 Å². The highest BCUT2D eigenvalue weighted by Crippen LogP contribution is 2.32. The fourth-order valence-electron chi connectivity index (χ4n) is 5.16. The first-order valence-electron chi connectivity index (χ1n) is 13.5.